The van der Waals surface area contributed by atoms with Crippen LogP contribution in [-0.4, -0.2) is 34.2 Å². The van der Waals surface area contributed by atoms with Crippen LogP contribution in [0.15, 0.2) is 18.5 Å². The van der Waals surface area contributed by atoms with Gasteiger partial charge in [0.2, 0.25) is 0 Å². The van der Waals surface area contributed by atoms with Crippen LogP contribution in [0.4, 0.5) is 5.69 Å². The zero-order chi connectivity index (χ0) is 11.4. The molecule has 1 atom stereocenters. The monoisotopic (exact) mass is 238 g/mol. The third-order valence-corrected chi connectivity index (χ3v) is 4.36. The van der Waals surface area contributed by atoms with Crippen molar-refractivity contribution < 1.29 is 5.11 Å². The van der Waals surface area contributed by atoms with E-state index in [0.29, 0.717) is 5.25 Å². The van der Waals surface area contributed by atoms with E-state index in [1.807, 2.05) is 6.07 Å². The van der Waals surface area contributed by atoms with Gasteiger partial charge in [-0.15, -0.1) is 0 Å². The molecule has 1 aromatic heterocycles. The molecular weight excluding hydrogens is 220 g/mol. The molecule has 1 unspecified atom stereocenters. The number of aliphatic hydroxyl groups excluding tert-OH is 1. The molecule has 2 heterocycles. The van der Waals surface area contributed by atoms with Gasteiger partial charge in [0.1, 0.15) is 0 Å². The Morgan fingerprint density at radius 1 is 1.62 bits per heavy atom. The molecule has 0 aromatic carbocycles. The zero-order valence-corrected chi connectivity index (χ0v) is 10.4. The predicted octanol–water partition coefficient (Wildman–Crippen LogP) is 1.91. The summed E-state index contributed by atoms with van der Waals surface area (Å²) in [6.07, 6.45) is 4.77. The van der Waals surface area contributed by atoms with E-state index in [0.717, 1.165) is 24.3 Å². The molecule has 1 N–H and O–H groups in total. The summed E-state index contributed by atoms with van der Waals surface area (Å²) in [5.41, 5.74) is 2.08. The van der Waals surface area contributed by atoms with Gasteiger partial charge < -0.3 is 10.0 Å². The topological polar surface area (TPSA) is 36.4 Å². The normalized spacial score (nSPS) is 21.1. The molecule has 0 spiro atoms. The van der Waals surface area contributed by atoms with Gasteiger partial charge in [0, 0.05) is 47.7 Å². The van der Waals surface area contributed by atoms with Crippen LogP contribution in [0.1, 0.15) is 18.9 Å². The largest absolute Gasteiger partial charge is 0.392 e. The molecule has 0 bridgehead atoms. The van der Waals surface area contributed by atoms with Crippen LogP contribution in [0.3, 0.4) is 0 Å². The second-order valence-corrected chi connectivity index (χ2v) is 5.42. The van der Waals surface area contributed by atoms with Gasteiger partial charge in [0.05, 0.1) is 6.61 Å². The first kappa shape index (κ1) is 11.7. The van der Waals surface area contributed by atoms with E-state index in [-0.39, 0.29) is 6.61 Å². The van der Waals surface area contributed by atoms with E-state index in [2.05, 4.69) is 28.6 Å². The molecule has 4 heteroatoms. The Labute approximate surface area is 101 Å². The highest BCUT2D eigenvalue weighted by atomic mass is 32.2. The molecule has 16 heavy (non-hydrogen) atoms. The molecule has 0 saturated carbocycles. The lowest BCUT2D eigenvalue weighted by Gasteiger charge is -2.34. The van der Waals surface area contributed by atoms with Gasteiger partial charge in [0.25, 0.3) is 0 Å². The van der Waals surface area contributed by atoms with Crippen molar-refractivity contribution >= 4 is 17.4 Å². The molecule has 1 fully saturated rings. The van der Waals surface area contributed by atoms with E-state index in [9.17, 15) is 5.11 Å². The summed E-state index contributed by atoms with van der Waals surface area (Å²) in [4.78, 5) is 6.43. The highest BCUT2D eigenvalue weighted by Gasteiger charge is 2.20. The molecule has 1 saturated heterocycles. The number of hydrogen-bond donors (Lipinski definition) is 1. The number of aromatic nitrogens is 1. The fourth-order valence-corrected chi connectivity index (χ4v) is 3.22. The Morgan fingerprint density at radius 2 is 2.50 bits per heavy atom. The van der Waals surface area contributed by atoms with Crippen LogP contribution < -0.4 is 4.90 Å². The zero-order valence-electron chi connectivity index (χ0n) is 9.59. The SMILES string of the molecule is CCC1CN(c2ccncc2CO)CCS1. The van der Waals surface area contributed by atoms with Crippen molar-refractivity contribution in [2.45, 2.75) is 25.2 Å². The van der Waals surface area contributed by atoms with Gasteiger partial charge in [-0.2, -0.15) is 11.8 Å². The second-order valence-electron chi connectivity index (χ2n) is 4.01. The standard InChI is InChI=1S/C12H18N2OS/c1-2-11-8-14(5-6-16-11)12-3-4-13-7-10(12)9-15/h3-4,7,11,15H,2,5-6,8-9H2,1H3. The molecule has 0 radical (unpaired) electrons. The fraction of sp³-hybridized carbons (Fsp3) is 0.583. The minimum absolute atomic E-state index is 0.0730. The first-order chi connectivity index (χ1) is 7.85. The number of hydrogen-bond acceptors (Lipinski definition) is 4. The number of pyridine rings is 1. The van der Waals surface area contributed by atoms with E-state index in [1.54, 1.807) is 12.4 Å². The molecule has 0 amide bonds. The molecule has 1 aromatic rings. The maximum Gasteiger partial charge on any atom is 0.0717 e. The van der Waals surface area contributed by atoms with Crippen LogP contribution in [0, 0.1) is 0 Å². The summed E-state index contributed by atoms with van der Waals surface area (Å²) in [5.74, 6) is 1.17. The van der Waals surface area contributed by atoms with Crippen molar-refractivity contribution in [2.75, 3.05) is 23.7 Å². The smallest absolute Gasteiger partial charge is 0.0717 e. The van der Waals surface area contributed by atoms with E-state index >= 15 is 0 Å². The maximum absolute atomic E-state index is 9.30. The average molecular weight is 238 g/mol. The summed E-state index contributed by atoms with van der Waals surface area (Å²) in [5, 5.41) is 10.0. The second kappa shape index (κ2) is 5.55. The van der Waals surface area contributed by atoms with Gasteiger partial charge in [-0.1, -0.05) is 6.92 Å². The Bertz CT molecular complexity index is 346. The van der Waals surface area contributed by atoms with Gasteiger partial charge >= 0.3 is 0 Å². The number of thioether (sulfide) groups is 1. The predicted molar refractivity (Wildman–Crippen MR) is 68.9 cm³/mol. The number of anilines is 1. The highest BCUT2D eigenvalue weighted by Crippen LogP contribution is 2.27. The Morgan fingerprint density at radius 3 is 3.25 bits per heavy atom. The lowest BCUT2D eigenvalue weighted by molar-refractivity contribution is 0.281. The molecule has 1 aliphatic heterocycles. The summed E-state index contributed by atoms with van der Waals surface area (Å²) < 4.78 is 0. The molecule has 2 rings (SSSR count). The van der Waals surface area contributed by atoms with Crippen molar-refractivity contribution in [1.29, 1.82) is 0 Å². The number of rotatable bonds is 3. The Balaban J connectivity index is 2.16. The third-order valence-electron chi connectivity index (χ3n) is 2.98. The van der Waals surface area contributed by atoms with Crippen LogP contribution in [-0.2, 0) is 6.61 Å². The van der Waals surface area contributed by atoms with Crippen molar-refractivity contribution in [3.8, 4) is 0 Å². The van der Waals surface area contributed by atoms with Crippen LogP contribution in [0.5, 0.6) is 0 Å². The van der Waals surface area contributed by atoms with Gasteiger partial charge in [-0.25, -0.2) is 0 Å². The van der Waals surface area contributed by atoms with Crippen molar-refractivity contribution in [1.82, 2.24) is 4.98 Å². The molecule has 3 nitrogen and oxygen atoms in total. The first-order valence-corrected chi connectivity index (χ1v) is 6.80. The third kappa shape index (κ3) is 2.50. The van der Waals surface area contributed by atoms with Crippen molar-refractivity contribution in [3.63, 3.8) is 0 Å². The lowest BCUT2D eigenvalue weighted by atomic mass is 10.2. The van der Waals surface area contributed by atoms with Gasteiger partial charge in [-0.3, -0.25) is 4.98 Å². The number of aliphatic hydroxyl groups is 1. The van der Waals surface area contributed by atoms with E-state index < -0.39 is 0 Å². The fourth-order valence-electron chi connectivity index (χ4n) is 2.04. The molecule has 1 aliphatic rings. The van der Waals surface area contributed by atoms with E-state index in [4.69, 9.17) is 0 Å². The van der Waals surface area contributed by atoms with Crippen LogP contribution in [0.2, 0.25) is 0 Å². The highest BCUT2D eigenvalue weighted by molar-refractivity contribution is 8.00. The van der Waals surface area contributed by atoms with Crippen molar-refractivity contribution in [2.24, 2.45) is 0 Å². The average Bonchev–Trinajstić information content (AvgIpc) is 2.38. The summed E-state index contributed by atoms with van der Waals surface area (Å²) in [6, 6.07) is 2.01. The van der Waals surface area contributed by atoms with Gasteiger partial charge in [-0.05, 0) is 12.5 Å². The molecule has 88 valence electrons. The van der Waals surface area contributed by atoms with Crippen molar-refractivity contribution in [3.05, 3.63) is 24.0 Å². The van der Waals surface area contributed by atoms with Crippen LogP contribution in [0.25, 0.3) is 0 Å². The quantitative estimate of drug-likeness (QED) is 0.872. The summed E-state index contributed by atoms with van der Waals surface area (Å²) >= 11 is 2.06. The Kier molecular flexibility index (Phi) is 4.07. The summed E-state index contributed by atoms with van der Waals surface area (Å²) in [6.45, 7) is 4.46. The minimum Gasteiger partial charge on any atom is -0.392 e. The summed E-state index contributed by atoms with van der Waals surface area (Å²) in [7, 11) is 0. The molecular formula is C12H18N2OS. The van der Waals surface area contributed by atoms with Crippen LogP contribution >= 0.6 is 11.8 Å². The minimum atomic E-state index is 0.0730. The number of nitrogens with zero attached hydrogens (tertiary/aromatic N) is 2. The first-order valence-electron chi connectivity index (χ1n) is 5.75. The van der Waals surface area contributed by atoms with Gasteiger partial charge in [0.15, 0.2) is 0 Å². The van der Waals surface area contributed by atoms with E-state index in [1.165, 1.54) is 12.2 Å². The maximum atomic E-state index is 9.30. The molecule has 0 aliphatic carbocycles. The lowest BCUT2D eigenvalue weighted by Crippen LogP contribution is -2.38. The Hall–Kier alpha value is -0.740.